The van der Waals surface area contributed by atoms with E-state index < -0.39 is 0 Å². The summed E-state index contributed by atoms with van der Waals surface area (Å²) < 4.78 is 0. The van der Waals surface area contributed by atoms with E-state index in [1.54, 1.807) is 0 Å². The zero-order valence-electron chi connectivity index (χ0n) is 11.8. The Labute approximate surface area is 111 Å². The first kappa shape index (κ1) is 13.6. The Bertz CT molecular complexity index is 345. The molecule has 18 heavy (non-hydrogen) atoms. The van der Waals surface area contributed by atoms with E-state index in [1.165, 1.54) is 37.9 Å². The second-order valence-corrected chi connectivity index (χ2v) is 5.92. The van der Waals surface area contributed by atoms with E-state index in [-0.39, 0.29) is 0 Å². The fourth-order valence-corrected chi connectivity index (χ4v) is 2.71. The maximum Gasteiger partial charge on any atom is 0.0278 e. The SMILES string of the molecule is CC1(C)CNCCN1CCCCc1ccccc1. The molecule has 1 saturated heterocycles. The summed E-state index contributed by atoms with van der Waals surface area (Å²) in [7, 11) is 0. The largest absolute Gasteiger partial charge is 0.314 e. The number of unbranched alkanes of at least 4 members (excludes halogenated alkanes) is 1. The van der Waals surface area contributed by atoms with Gasteiger partial charge in [-0.15, -0.1) is 0 Å². The van der Waals surface area contributed by atoms with Crippen molar-refractivity contribution in [3.63, 3.8) is 0 Å². The van der Waals surface area contributed by atoms with Crippen molar-refractivity contribution in [3.8, 4) is 0 Å². The van der Waals surface area contributed by atoms with Gasteiger partial charge in [0.25, 0.3) is 0 Å². The molecular weight excluding hydrogens is 220 g/mol. The highest BCUT2D eigenvalue weighted by atomic mass is 15.2. The minimum Gasteiger partial charge on any atom is -0.314 e. The molecule has 100 valence electrons. The highest BCUT2D eigenvalue weighted by Crippen LogP contribution is 2.17. The van der Waals surface area contributed by atoms with Gasteiger partial charge in [-0.05, 0) is 45.2 Å². The fourth-order valence-electron chi connectivity index (χ4n) is 2.71. The van der Waals surface area contributed by atoms with E-state index in [0.29, 0.717) is 5.54 Å². The predicted octanol–water partition coefficient (Wildman–Crippen LogP) is 2.69. The van der Waals surface area contributed by atoms with Crippen LogP contribution in [0.25, 0.3) is 0 Å². The normalized spacial score (nSPS) is 19.9. The third kappa shape index (κ3) is 3.82. The highest BCUT2D eigenvalue weighted by Gasteiger charge is 2.28. The van der Waals surface area contributed by atoms with E-state index in [9.17, 15) is 0 Å². The first-order valence-electron chi connectivity index (χ1n) is 7.18. The lowest BCUT2D eigenvalue weighted by molar-refractivity contribution is 0.0888. The van der Waals surface area contributed by atoms with Crippen molar-refractivity contribution in [1.29, 1.82) is 0 Å². The summed E-state index contributed by atoms with van der Waals surface area (Å²) in [6, 6.07) is 10.8. The molecule has 1 aromatic rings. The van der Waals surface area contributed by atoms with Crippen LogP contribution in [0.5, 0.6) is 0 Å². The number of nitrogens with one attached hydrogen (secondary N) is 1. The van der Waals surface area contributed by atoms with Crippen LogP contribution in [-0.2, 0) is 6.42 Å². The van der Waals surface area contributed by atoms with Gasteiger partial charge in [0, 0.05) is 25.2 Å². The lowest BCUT2D eigenvalue weighted by Crippen LogP contribution is -2.57. The Morgan fingerprint density at radius 3 is 2.67 bits per heavy atom. The van der Waals surface area contributed by atoms with E-state index in [1.807, 2.05) is 0 Å². The smallest absolute Gasteiger partial charge is 0.0278 e. The summed E-state index contributed by atoms with van der Waals surface area (Å²) in [5.41, 5.74) is 1.79. The number of nitrogens with zero attached hydrogens (tertiary/aromatic N) is 1. The molecule has 0 bridgehead atoms. The summed E-state index contributed by atoms with van der Waals surface area (Å²) >= 11 is 0. The summed E-state index contributed by atoms with van der Waals surface area (Å²) in [5.74, 6) is 0. The van der Waals surface area contributed by atoms with E-state index >= 15 is 0 Å². The van der Waals surface area contributed by atoms with E-state index in [0.717, 1.165) is 13.1 Å². The average Bonchev–Trinajstić information content (AvgIpc) is 2.37. The van der Waals surface area contributed by atoms with Crippen LogP contribution in [0.15, 0.2) is 30.3 Å². The molecule has 1 heterocycles. The lowest BCUT2D eigenvalue weighted by atomic mass is 9.99. The van der Waals surface area contributed by atoms with Crippen LogP contribution >= 0.6 is 0 Å². The molecule has 2 nitrogen and oxygen atoms in total. The predicted molar refractivity (Wildman–Crippen MR) is 77.9 cm³/mol. The van der Waals surface area contributed by atoms with Gasteiger partial charge < -0.3 is 5.32 Å². The van der Waals surface area contributed by atoms with Gasteiger partial charge in [-0.2, -0.15) is 0 Å². The van der Waals surface area contributed by atoms with Crippen LogP contribution in [0.1, 0.15) is 32.3 Å². The summed E-state index contributed by atoms with van der Waals surface area (Å²) in [4.78, 5) is 2.63. The van der Waals surface area contributed by atoms with Gasteiger partial charge in [0.05, 0.1) is 0 Å². The molecular formula is C16H26N2. The van der Waals surface area contributed by atoms with Crippen molar-refractivity contribution >= 4 is 0 Å². The third-order valence-corrected chi connectivity index (χ3v) is 3.96. The first-order chi connectivity index (χ1) is 8.68. The van der Waals surface area contributed by atoms with Crippen LogP contribution in [-0.4, -0.2) is 36.6 Å². The van der Waals surface area contributed by atoms with Crippen molar-refractivity contribution < 1.29 is 0 Å². The maximum atomic E-state index is 3.48. The van der Waals surface area contributed by atoms with Gasteiger partial charge >= 0.3 is 0 Å². The molecule has 1 aromatic carbocycles. The Morgan fingerprint density at radius 2 is 1.94 bits per heavy atom. The van der Waals surface area contributed by atoms with Crippen molar-refractivity contribution in [1.82, 2.24) is 10.2 Å². The molecule has 0 amide bonds. The second-order valence-electron chi connectivity index (χ2n) is 5.92. The minimum absolute atomic E-state index is 0.324. The van der Waals surface area contributed by atoms with Gasteiger partial charge in [0.2, 0.25) is 0 Å². The van der Waals surface area contributed by atoms with Gasteiger partial charge in [0.1, 0.15) is 0 Å². The molecule has 0 aromatic heterocycles. The molecule has 0 saturated carbocycles. The number of hydrogen-bond donors (Lipinski definition) is 1. The van der Waals surface area contributed by atoms with E-state index in [2.05, 4.69) is 54.4 Å². The maximum absolute atomic E-state index is 3.48. The molecule has 0 aliphatic carbocycles. The molecule has 1 aliphatic heterocycles. The number of hydrogen-bond acceptors (Lipinski definition) is 2. The zero-order valence-corrected chi connectivity index (χ0v) is 11.8. The Balaban J connectivity index is 1.69. The van der Waals surface area contributed by atoms with Gasteiger partial charge in [-0.1, -0.05) is 30.3 Å². The number of piperazine rings is 1. The molecule has 0 spiro atoms. The van der Waals surface area contributed by atoms with Crippen LogP contribution in [0, 0.1) is 0 Å². The average molecular weight is 246 g/mol. The summed E-state index contributed by atoms with van der Waals surface area (Å²) in [6.45, 7) is 9.38. The van der Waals surface area contributed by atoms with Crippen LogP contribution in [0.3, 0.4) is 0 Å². The molecule has 2 heteroatoms. The quantitative estimate of drug-likeness (QED) is 0.804. The zero-order chi connectivity index (χ0) is 12.8. The second kappa shape index (κ2) is 6.35. The molecule has 0 radical (unpaired) electrons. The molecule has 2 rings (SSSR count). The Hall–Kier alpha value is -0.860. The van der Waals surface area contributed by atoms with Crippen molar-refractivity contribution in [2.75, 3.05) is 26.2 Å². The van der Waals surface area contributed by atoms with Crippen molar-refractivity contribution in [3.05, 3.63) is 35.9 Å². The fraction of sp³-hybridized carbons (Fsp3) is 0.625. The van der Waals surface area contributed by atoms with Gasteiger partial charge in [0.15, 0.2) is 0 Å². The van der Waals surface area contributed by atoms with Gasteiger partial charge in [-0.3, -0.25) is 4.90 Å². The van der Waals surface area contributed by atoms with Crippen LogP contribution in [0.4, 0.5) is 0 Å². The van der Waals surface area contributed by atoms with Crippen LogP contribution < -0.4 is 5.32 Å². The minimum atomic E-state index is 0.324. The highest BCUT2D eigenvalue weighted by molar-refractivity contribution is 5.14. The third-order valence-electron chi connectivity index (χ3n) is 3.96. The Morgan fingerprint density at radius 1 is 1.17 bits per heavy atom. The van der Waals surface area contributed by atoms with Gasteiger partial charge in [-0.25, -0.2) is 0 Å². The van der Waals surface area contributed by atoms with Crippen molar-refractivity contribution in [2.45, 2.75) is 38.6 Å². The van der Waals surface area contributed by atoms with Crippen molar-refractivity contribution in [2.24, 2.45) is 0 Å². The Kier molecular flexibility index (Phi) is 4.79. The number of aryl methyl sites for hydroxylation is 1. The van der Waals surface area contributed by atoms with E-state index in [4.69, 9.17) is 0 Å². The summed E-state index contributed by atoms with van der Waals surface area (Å²) in [5, 5.41) is 3.48. The first-order valence-corrected chi connectivity index (χ1v) is 7.18. The van der Waals surface area contributed by atoms with Crippen LogP contribution in [0.2, 0.25) is 0 Å². The standard InChI is InChI=1S/C16H26N2/c1-16(2)14-17-11-13-18(16)12-7-6-10-15-8-4-3-5-9-15/h3-5,8-9,17H,6-7,10-14H2,1-2H3. The lowest BCUT2D eigenvalue weighted by Gasteiger charge is -2.43. The molecule has 1 N–H and O–H groups in total. The number of benzene rings is 1. The molecule has 0 unspecified atom stereocenters. The monoisotopic (exact) mass is 246 g/mol. The molecule has 0 atom stereocenters. The summed E-state index contributed by atoms with van der Waals surface area (Å²) in [6.07, 6.45) is 3.82. The number of rotatable bonds is 5. The molecule has 1 aliphatic rings. The topological polar surface area (TPSA) is 15.3 Å². The molecule has 1 fully saturated rings.